The van der Waals surface area contributed by atoms with Crippen LogP contribution in [0.1, 0.15) is 22.4 Å². The van der Waals surface area contributed by atoms with Crippen molar-refractivity contribution in [3.05, 3.63) is 51.2 Å². The first-order valence-electron chi connectivity index (χ1n) is 10.8. The topological polar surface area (TPSA) is 80.6 Å². The number of anilines is 1. The molecule has 1 saturated heterocycles. The summed E-state index contributed by atoms with van der Waals surface area (Å²) in [5.41, 5.74) is 4.29. The van der Waals surface area contributed by atoms with E-state index in [1.807, 2.05) is 0 Å². The van der Waals surface area contributed by atoms with Gasteiger partial charge in [-0.2, -0.15) is 0 Å². The molecule has 1 aliphatic heterocycles. The number of benzene rings is 1. The number of rotatable bonds is 6. The first-order chi connectivity index (χ1) is 15.3. The lowest BCUT2D eigenvalue weighted by Gasteiger charge is -2.29. The van der Waals surface area contributed by atoms with Crippen LogP contribution < -0.4 is 10.5 Å². The summed E-state index contributed by atoms with van der Waals surface area (Å²) in [6.07, 6.45) is 1.45. The lowest BCUT2D eigenvalue weighted by atomic mass is 10.1. The maximum absolute atomic E-state index is 13.4. The number of hydrogen-bond donors (Lipinski definition) is 0. The highest BCUT2D eigenvalue weighted by Gasteiger charge is 2.23. The average Bonchev–Trinajstić information content (AvgIpc) is 3.22. The number of fused-ring (bicyclic) bond motifs is 1. The van der Waals surface area contributed by atoms with E-state index in [9.17, 15) is 9.59 Å². The van der Waals surface area contributed by atoms with Crippen LogP contribution >= 0.6 is 11.3 Å². The van der Waals surface area contributed by atoms with Crippen LogP contribution in [0.5, 0.6) is 0 Å². The smallest absolute Gasteiger partial charge is 0.256 e. The van der Waals surface area contributed by atoms with E-state index < -0.39 is 0 Å². The summed E-state index contributed by atoms with van der Waals surface area (Å²) in [5.74, 6) is -0.168. The Hall–Kier alpha value is -2.62. The minimum absolute atomic E-state index is 0.0655. The van der Waals surface area contributed by atoms with Gasteiger partial charge in [-0.15, -0.1) is 0 Å². The standard InChI is InChI=1S/C23H29N5O3S/c1-15-5-6-19-21(16(15)2)25-23(32-19)28(8-7-26-9-11-31-12-10-26)20(29)13-27-14-24-18(4)17(3)22(27)30/h5-6,14H,7-13H2,1-4H3. The van der Waals surface area contributed by atoms with E-state index in [4.69, 9.17) is 9.72 Å². The van der Waals surface area contributed by atoms with Gasteiger partial charge in [-0.25, -0.2) is 9.97 Å². The van der Waals surface area contributed by atoms with Crippen molar-refractivity contribution in [3.63, 3.8) is 0 Å². The van der Waals surface area contributed by atoms with Crippen molar-refractivity contribution >= 4 is 32.6 Å². The van der Waals surface area contributed by atoms with Crippen LogP contribution in [-0.2, 0) is 16.1 Å². The molecule has 1 fully saturated rings. The Morgan fingerprint density at radius 3 is 2.66 bits per heavy atom. The molecule has 3 aromatic rings. The Morgan fingerprint density at radius 2 is 1.91 bits per heavy atom. The van der Waals surface area contributed by atoms with Gasteiger partial charge < -0.3 is 4.74 Å². The molecule has 9 heteroatoms. The average molecular weight is 456 g/mol. The number of hydrogen-bond acceptors (Lipinski definition) is 7. The van der Waals surface area contributed by atoms with Crippen molar-refractivity contribution in [1.29, 1.82) is 0 Å². The number of thiazole rings is 1. The third-order valence-electron chi connectivity index (χ3n) is 6.17. The third kappa shape index (κ3) is 4.60. The summed E-state index contributed by atoms with van der Waals surface area (Å²) in [7, 11) is 0. The van der Waals surface area contributed by atoms with Crippen LogP contribution in [-0.4, -0.2) is 64.7 Å². The van der Waals surface area contributed by atoms with Crippen LogP contribution in [0.15, 0.2) is 23.3 Å². The number of ether oxygens (including phenoxy) is 1. The van der Waals surface area contributed by atoms with Crippen molar-refractivity contribution in [3.8, 4) is 0 Å². The summed E-state index contributed by atoms with van der Waals surface area (Å²) in [6, 6.07) is 4.14. The lowest BCUT2D eigenvalue weighted by molar-refractivity contribution is -0.119. The molecule has 170 valence electrons. The molecule has 1 amide bonds. The van der Waals surface area contributed by atoms with Gasteiger partial charge in [-0.3, -0.25) is 24.0 Å². The minimum atomic E-state index is -0.185. The molecule has 0 atom stereocenters. The van der Waals surface area contributed by atoms with Gasteiger partial charge in [0.1, 0.15) is 6.54 Å². The highest BCUT2D eigenvalue weighted by Crippen LogP contribution is 2.32. The first kappa shape index (κ1) is 22.6. The Bertz CT molecular complexity index is 1200. The maximum Gasteiger partial charge on any atom is 0.256 e. The quantitative estimate of drug-likeness (QED) is 0.568. The number of carbonyl (C=O) groups excluding carboxylic acids is 1. The highest BCUT2D eigenvalue weighted by atomic mass is 32.1. The molecular formula is C23H29N5O3S. The Balaban J connectivity index is 1.64. The molecule has 4 rings (SSSR count). The zero-order chi connectivity index (χ0) is 22.8. The Kier molecular flexibility index (Phi) is 6.68. The van der Waals surface area contributed by atoms with E-state index in [-0.39, 0.29) is 18.0 Å². The van der Waals surface area contributed by atoms with Crippen LogP contribution in [0.25, 0.3) is 10.2 Å². The SMILES string of the molecule is Cc1ccc2sc(N(CCN3CCOCC3)C(=O)Cn3cnc(C)c(C)c3=O)nc2c1C. The highest BCUT2D eigenvalue weighted by molar-refractivity contribution is 7.22. The molecular weight excluding hydrogens is 426 g/mol. The number of nitrogens with zero attached hydrogens (tertiary/aromatic N) is 5. The summed E-state index contributed by atoms with van der Waals surface area (Å²) >= 11 is 1.51. The number of aromatic nitrogens is 3. The molecule has 0 N–H and O–H groups in total. The van der Waals surface area contributed by atoms with Gasteiger partial charge in [0.2, 0.25) is 5.91 Å². The maximum atomic E-state index is 13.4. The van der Waals surface area contributed by atoms with Crippen LogP contribution in [0.3, 0.4) is 0 Å². The van der Waals surface area contributed by atoms with Crippen molar-refractivity contribution in [1.82, 2.24) is 19.4 Å². The van der Waals surface area contributed by atoms with Gasteiger partial charge >= 0.3 is 0 Å². The Morgan fingerprint density at radius 1 is 1.16 bits per heavy atom. The van der Waals surface area contributed by atoms with E-state index in [0.29, 0.717) is 36.1 Å². The monoisotopic (exact) mass is 455 g/mol. The summed E-state index contributed by atoms with van der Waals surface area (Å²) < 4.78 is 7.88. The summed E-state index contributed by atoms with van der Waals surface area (Å²) in [6.45, 7) is 11.9. The molecule has 1 aliphatic rings. The molecule has 0 unspecified atom stereocenters. The number of carbonyl (C=O) groups is 1. The van der Waals surface area contributed by atoms with Gasteiger partial charge in [0, 0.05) is 37.4 Å². The molecule has 32 heavy (non-hydrogen) atoms. The Labute approximate surface area is 191 Å². The fourth-order valence-corrected chi connectivity index (χ4v) is 4.81. The van der Waals surface area contributed by atoms with Crippen molar-refractivity contribution in [2.45, 2.75) is 34.2 Å². The predicted molar refractivity (Wildman–Crippen MR) is 127 cm³/mol. The van der Waals surface area contributed by atoms with E-state index in [0.717, 1.165) is 35.4 Å². The normalized spacial score (nSPS) is 14.8. The first-order valence-corrected chi connectivity index (χ1v) is 11.7. The predicted octanol–water partition coefficient (Wildman–Crippen LogP) is 2.45. The summed E-state index contributed by atoms with van der Waals surface area (Å²) in [4.78, 5) is 39.1. The van der Waals surface area contributed by atoms with Crippen LogP contribution in [0.2, 0.25) is 0 Å². The minimum Gasteiger partial charge on any atom is -0.379 e. The van der Waals surface area contributed by atoms with Crippen LogP contribution in [0, 0.1) is 27.7 Å². The van der Waals surface area contributed by atoms with Gasteiger partial charge in [-0.05, 0) is 44.9 Å². The van der Waals surface area contributed by atoms with Crippen molar-refractivity contribution < 1.29 is 9.53 Å². The zero-order valence-electron chi connectivity index (χ0n) is 19.1. The van der Waals surface area contributed by atoms with Crippen molar-refractivity contribution in [2.75, 3.05) is 44.3 Å². The molecule has 0 radical (unpaired) electrons. The molecule has 8 nitrogen and oxygen atoms in total. The van der Waals surface area contributed by atoms with E-state index in [1.54, 1.807) is 18.7 Å². The molecule has 3 heterocycles. The van der Waals surface area contributed by atoms with E-state index in [2.05, 4.69) is 35.9 Å². The molecule has 0 bridgehead atoms. The summed E-state index contributed by atoms with van der Waals surface area (Å²) in [5, 5.41) is 0.664. The second kappa shape index (κ2) is 9.48. The molecule has 0 aliphatic carbocycles. The lowest BCUT2D eigenvalue weighted by Crippen LogP contribution is -2.44. The van der Waals surface area contributed by atoms with Crippen molar-refractivity contribution in [2.24, 2.45) is 0 Å². The van der Waals surface area contributed by atoms with E-state index in [1.165, 1.54) is 27.8 Å². The van der Waals surface area contributed by atoms with Gasteiger partial charge in [0.15, 0.2) is 5.13 Å². The van der Waals surface area contributed by atoms with E-state index >= 15 is 0 Å². The zero-order valence-corrected chi connectivity index (χ0v) is 19.9. The second-order valence-corrected chi connectivity index (χ2v) is 9.25. The van der Waals surface area contributed by atoms with Gasteiger partial charge in [-0.1, -0.05) is 17.4 Å². The van der Waals surface area contributed by atoms with Gasteiger partial charge in [0.05, 0.1) is 29.8 Å². The molecule has 0 spiro atoms. The second-order valence-electron chi connectivity index (χ2n) is 8.24. The molecule has 1 aromatic carbocycles. The third-order valence-corrected chi connectivity index (χ3v) is 7.21. The number of aryl methyl sites for hydroxylation is 3. The number of morpholine rings is 1. The number of amides is 1. The fraction of sp³-hybridized carbons (Fsp3) is 0.478. The molecule has 2 aromatic heterocycles. The van der Waals surface area contributed by atoms with Gasteiger partial charge in [0.25, 0.3) is 5.56 Å². The molecule has 0 saturated carbocycles. The largest absolute Gasteiger partial charge is 0.379 e. The van der Waals surface area contributed by atoms with Crippen LogP contribution in [0.4, 0.5) is 5.13 Å². The fourth-order valence-electron chi connectivity index (χ4n) is 3.74.